The molecule has 1 aromatic carbocycles. The van der Waals surface area contributed by atoms with Gasteiger partial charge in [-0.25, -0.2) is 0 Å². The average Bonchev–Trinajstić information content (AvgIpc) is 2.20. The van der Waals surface area contributed by atoms with Crippen molar-refractivity contribution in [1.82, 2.24) is 0 Å². The van der Waals surface area contributed by atoms with Crippen LogP contribution < -0.4 is 4.74 Å². The van der Waals surface area contributed by atoms with Crippen molar-refractivity contribution in [2.75, 3.05) is 7.11 Å². The molecule has 0 spiro atoms. The predicted molar refractivity (Wildman–Crippen MR) is 51.8 cm³/mol. The highest BCUT2D eigenvalue weighted by atomic mass is 16.5. The molecule has 1 rings (SSSR count). The van der Waals surface area contributed by atoms with Crippen molar-refractivity contribution in [2.24, 2.45) is 0 Å². The van der Waals surface area contributed by atoms with E-state index >= 15 is 0 Å². The topological polar surface area (TPSA) is 56.8 Å². The fourth-order valence-corrected chi connectivity index (χ4v) is 1.32. The lowest BCUT2D eigenvalue weighted by molar-refractivity contribution is 0.409. The van der Waals surface area contributed by atoms with E-state index in [1.54, 1.807) is 0 Å². The van der Waals surface area contributed by atoms with Crippen molar-refractivity contribution in [3.63, 3.8) is 0 Å². The molecule has 1 aromatic rings. The number of benzene rings is 1. The molecule has 0 heterocycles. The highest BCUT2D eigenvalue weighted by Crippen LogP contribution is 2.26. The summed E-state index contributed by atoms with van der Waals surface area (Å²) in [4.78, 5) is 0. The Bertz CT molecular complexity index is 424. The molecule has 70 valence electrons. The maximum absolute atomic E-state index is 8.91. The van der Waals surface area contributed by atoms with Crippen LogP contribution in [0.5, 0.6) is 5.75 Å². The van der Waals surface area contributed by atoms with Gasteiger partial charge >= 0.3 is 0 Å². The van der Waals surface area contributed by atoms with Crippen LogP contribution in [0.1, 0.15) is 16.7 Å². The third-order valence-corrected chi connectivity index (χ3v) is 2.03. The van der Waals surface area contributed by atoms with Crippen LogP contribution >= 0.6 is 0 Å². The molecule has 0 unspecified atom stereocenters. The molecular weight excluding hydrogens is 176 g/mol. The van der Waals surface area contributed by atoms with Crippen LogP contribution in [0.3, 0.4) is 0 Å². The molecule has 0 radical (unpaired) electrons. The summed E-state index contributed by atoms with van der Waals surface area (Å²) < 4.78 is 5.13. The van der Waals surface area contributed by atoms with E-state index in [2.05, 4.69) is 6.07 Å². The maximum atomic E-state index is 8.91. The fraction of sp³-hybridized carbons (Fsp3) is 0.273. The first-order valence-electron chi connectivity index (χ1n) is 4.18. The van der Waals surface area contributed by atoms with E-state index in [1.807, 2.05) is 25.1 Å². The second-order valence-corrected chi connectivity index (χ2v) is 2.90. The minimum Gasteiger partial charge on any atom is -0.495 e. The highest BCUT2D eigenvalue weighted by molar-refractivity contribution is 5.53. The SMILES string of the molecule is COc1c(CC#N)ccc(C)c1C#N. The van der Waals surface area contributed by atoms with E-state index in [9.17, 15) is 0 Å². The fourth-order valence-electron chi connectivity index (χ4n) is 1.32. The van der Waals surface area contributed by atoms with Gasteiger partial charge in [0.2, 0.25) is 0 Å². The zero-order valence-corrected chi connectivity index (χ0v) is 8.16. The Balaban J connectivity index is 3.36. The van der Waals surface area contributed by atoms with E-state index in [4.69, 9.17) is 15.3 Å². The predicted octanol–water partition coefficient (Wildman–Crippen LogP) is 1.94. The molecule has 0 amide bonds. The van der Waals surface area contributed by atoms with Crippen molar-refractivity contribution in [1.29, 1.82) is 10.5 Å². The van der Waals surface area contributed by atoms with Crippen LogP contribution in [0.25, 0.3) is 0 Å². The Morgan fingerprint density at radius 3 is 2.57 bits per heavy atom. The van der Waals surface area contributed by atoms with Gasteiger partial charge in [-0.05, 0) is 12.5 Å². The van der Waals surface area contributed by atoms with Crippen LogP contribution in [-0.2, 0) is 6.42 Å². The number of ether oxygens (including phenoxy) is 1. The first-order valence-corrected chi connectivity index (χ1v) is 4.18. The first kappa shape index (κ1) is 10.1. The van der Waals surface area contributed by atoms with Gasteiger partial charge < -0.3 is 4.74 Å². The molecule has 3 heteroatoms. The summed E-state index contributed by atoms with van der Waals surface area (Å²) in [6, 6.07) is 7.76. The van der Waals surface area contributed by atoms with Gasteiger partial charge in [-0.15, -0.1) is 0 Å². The lowest BCUT2D eigenvalue weighted by Crippen LogP contribution is -1.96. The summed E-state index contributed by atoms with van der Waals surface area (Å²) >= 11 is 0. The molecule has 0 fully saturated rings. The molecule has 0 N–H and O–H groups in total. The van der Waals surface area contributed by atoms with Gasteiger partial charge in [0.05, 0.1) is 25.2 Å². The Morgan fingerprint density at radius 2 is 2.07 bits per heavy atom. The average molecular weight is 186 g/mol. The van der Waals surface area contributed by atoms with Gasteiger partial charge in [0.25, 0.3) is 0 Å². The van der Waals surface area contributed by atoms with Crippen LogP contribution in [0, 0.1) is 29.6 Å². The summed E-state index contributed by atoms with van der Waals surface area (Å²) in [5.41, 5.74) is 2.14. The lowest BCUT2D eigenvalue weighted by atomic mass is 10.0. The molecule has 0 aromatic heterocycles. The Kier molecular flexibility index (Phi) is 3.09. The van der Waals surface area contributed by atoms with Gasteiger partial charge in [0.1, 0.15) is 11.8 Å². The van der Waals surface area contributed by atoms with E-state index < -0.39 is 0 Å². The highest BCUT2D eigenvalue weighted by Gasteiger charge is 2.10. The van der Waals surface area contributed by atoms with Crippen molar-refractivity contribution < 1.29 is 4.74 Å². The second kappa shape index (κ2) is 4.30. The van der Waals surface area contributed by atoms with Crippen LogP contribution in [-0.4, -0.2) is 7.11 Å². The van der Waals surface area contributed by atoms with Gasteiger partial charge in [-0.1, -0.05) is 12.1 Å². The number of nitrogens with zero attached hydrogens (tertiary/aromatic N) is 2. The third-order valence-electron chi connectivity index (χ3n) is 2.03. The van der Waals surface area contributed by atoms with Crippen LogP contribution in [0.2, 0.25) is 0 Å². The van der Waals surface area contributed by atoms with Crippen LogP contribution in [0.15, 0.2) is 12.1 Å². The molecule has 0 atom stereocenters. The summed E-state index contributed by atoms with van der Waals surface area (Å²) in [5.74, 6) is 0.522. The molecule has 0 aliphatic heterocycles. The van der Waals surface area contributed by atoms with Crippen molar-refractivity contribution in [3.05, 3.63) is 28.8 Å². The van der Waals surface area contributed by atoms with Crippen LogP contribution in [0.4, 0.5) is 0 Å². The molecule has 3 nitrogen and oxygen atoms in total. The number of nitriles is 2. The zero-order valence-electron chi connectivity index (χ0n) is 8.16. The van der Waals surface area contributed by atoms with Gasteiger partial charge in [0.15, 0.2) is 0 Å². The number of hydrogen-bond acceptors (Lipinski definition) is 3. The van der Waals surface area contributed by atoms with E-state index in [-0.39, 0.29) is 6.42 Å². The molecule has 0 bridgehead atoms. The molecule has 14 heavy (non-hydrogen) atoms. The van der Waals surface area contributed by atoms with Gasteiger partial charge in [0, 0.05) is 5.56 Å². The Morgan fingerprint density at radius 1 is 1.36 bits per heavy atom. The van der Waals surface area contributed by atoms with Crippen molar-refractivity contribution in [3.8, 4) is 17.9 Å². The van der Waals surface area contributed by atoms with Gasteiger partial charge in [-0.3, -0.25) is 0 Å². The lowest BCUT2D eigenvalue weighted by Gasteiger charge is -2.09. The molecule has 0 aliphatic rings. The maximum Gasteiger partial charge on any atom is 0.141 e. The molecule has 0 saturated carbocycles. The molecule has 0 saturated heterocycles. The quantitative estimate of drug-likeness (QED) is 0.709. The summed E-state index contributed by atoms with van der Waals surface area (Å²) in [7, 11) is 1.51. The summed E-state index contributed by atoms with van der Waals surface area (Å²) in [5, 5.41) is 17.5. The largest absolute Gasteiger partial charge is 0.495 e. The standard InChI is InChI=1S/C11H10N2O/c1-8-3-4-9(5-6-12)11(14-2)10(8)7-13/h3-4H,5H2,1-2H3. The first-order chi connectivity index (χ1) is 6.74. The number of aryl methyl sites for hydroxylation is 1. The Hall–Kier alpha value is -2.00. The smallest absolute Gasteiger partial charge is 0.141 e. The normalized spacial score (nSPS) is 8.86. The summed E-state index contributed by atoms with van der Waals surface area (Å²) in [6.45, 7) is 1.84. The minimum absolute atomic E-state index is 0.262. The van der Waals surface area contributed by atoms with E-state index in [1.165, 1.54) is 7.11 Å². The van der Waals surface area contributed by atoms with Crippen molar-refractivity contribution >= 4 is 0 Å². The van der Waals surface area contributed by atoms with Crippen molar-refractivity contribution in [2.45, 2.75) is 13.3 Å². The second-order valence-electron chi connectivity index (χ2n) is 2.90. The molecular formula is C11H10N2O. The summed E-state index contributed by atoms with van der Waals surface area (Å²) in [6.07, 6.45) is 0.262. The number of methoxy groups -OCH3 is 1. The van der Waals surface area contributed by atoms with Gasteiger partial charge in [-0.2, -0.15) is 10.5 Å². The van der Waals surface area contributed by atoms with E-state index in [0.717, 1.165) is 11.1 Å². The molecule has 0 aliphatic carbocycles. The zero-order chi connectivity index (χ0) is 10.6. The number of hydrogen-bond donors (Lipinski definition) is 0. The minimum atomic E-state index is 0.262. The Labute approximate surface area is 83.2 Å². The third kappa shape index (κ3) is 1.67. The van der Waals surface area contributed by atoms with E-state index in [0.29, 0.717) is 11.3 Å². The monoisotopic (exact) mass is 186 g/mol. The number of rotatable bonds is 2.